The van der Waals surface area contributed by atoms with E-state index in [2.05, 4.69) is 158 Å². The van der Waals surface area contributed by atoms with Crippen molar-refractivity contribution in [2.75, 3.05) is 0 Å². The Morgan fingerprint density at radius 1 is 0.217 bits per heavy atom. The first-order valence-corrected chi connectivity index (χ1v) is 28.1. The average molecular weight is 1060 g/mol. The van der Waals surface area contributed by atoms with Gasteiger partial charge in [0.2, 0.25) is 0 Å². The van der Waals surface area contributed by atoms with Gasteiger partial charge in [-0.1, -0.05) is 273 Å². The first kappa shape index (κ1) is 39.5. The summed E-state index contributed by atoms with van der Waals surface area (Å²) in [6.07, 6.45) is 0. The molecule has 1 heterocycles. The topological polar surface area (TPSA) is 13.1 Å². The van der Waals surface area contributed by atoms with Crippen LogP contribution in [0.3, 0.4) is 0 Å². The van der Waals surface area contributed by atoms with Gasteiger partial charge in [0.1, 0.15) is 11.2 Å². The minimum atomic E-state index is -0.427. The maximum Gasteiger partial charge on any atom is 0.135 e. The molecule has 0 unspecified atom stereocenters. The van der Waals surface area contributed by atoms with Crippen LogP contribution in [0.1, 0.15) is 11.0 Å². The molecule has 0 aliphatic carbocycles. The summed E-state index contributed by atoms with van der Waals surface area (Å²) in [6.45, 7) is 0. The number of rotatable bonds is 6. The maximum atomic E-state index is 9.18. The van der Waals surface area contributed by atoms with Crippen LogP contribution in [-0.2, 0) is 0 Å². The predicted octanol–water partition coefficient (Wildman–Crippen LogP) is 23.4. The van der Waals surface area contributed by atoms with Crippen molar-refractivity contribution in [1.82, 2.24) is 0 Å². The molecule has 1 heteroatoms. The van der Waals surface area contributed by atoms with Crippen LogP contribution < -0.4 is 0 Å². The summed E-state index contributed by atoms with van der Waals surface area (Å²) in [6, 6.07) is 86.1. The Kier molecular flexibility index (Phi) is 8.99. The van der Waals surface area contributed by atoms with Gasteiger partial charge < -0.3 is 4.42 Å². The fourth-order valence-electron chi connectivity index (χ4n) is 13.3. The van der Waals surface area contributed by atoms with Gasteiger partial charge in [0.05, 0.1) is 11.0 Å². The highest BCUT2D eigenvalue weighted by molar-refractivity contribution is 6.27. The van der Waals surface area contributed by atoms with Gasteiger partial charge in [-0.3, -0.25) is 0 Å². The number of fused-ring (bicyclic) bond motifs is 5. The van der Waals surface area contributed by atoms with Crippen LogP contribution in [0.25, 0.3) is 175 Å². The van der Waals surface area contributed by atoms with Crippen LogP contribution in [0, 0.1) is 0 Å². The summed E-state index contributed by atoms with van der Waals surface area (Å²) in [5.74, 6) is 0. The van der Waals surface area contributed by atoms with Crippen LogP contribution in [-0.4, -0.2) is 0 Å². The van der Waals surface area contributed by atoms with Crippen LogP contribution in [0.15, 0.2) is 308 Å². The second-order valence-corrected chi connectivity index (χ2v) is 21.6. The summed E-state index contributed by atoms with van der Waals surface area (Å²) in [7, 11) is 0. The molecule has 0 spiro atoms. The van der Waals surface area contributed by atoms with E-state index in [1.807, 2.05) is 84.9 Å². The van der Waals surface area contributed by atoms with E-state index in [4.69, 9.17) is 12.6 Å². The SMILES string of the molecule is [2H]c1c([2H])c([2H])c2c(-c3ccc4oc5ccccc5c4c3)c3c([2H])c([2H])c([2H])c([2H])c3c(-c3ccc(-c4ccccc4)cc3)c2c1[2H].c1cc(-c2cccc(-c3ccc4ccc5cccc6ccc3c4c56)c2)cc(-c2ccc3ccc4cccc5ccc2c3c45)c1. The zero-order valence-corrected chi connectivity index (χ0v) is 44.7. The Morgan fingerprint density at radius 3 is 1.14 bits per heavy atom. The highest BCUT2D eigenvalue weighted by atomic mass is 16.3. The lowest BCUT2D eigenvalue weighted by Gasteiger charge is -2.18. The smallest absolute Gasteiger partial charge is 0.135 e. The van der Waals surface area contributed by atoms with Gasteiger partial charge >= 0.3 is 0 Å². The Hall–Kier alpha value is -10.9. The summed E-state index contributed by atoms with van der Waals surface area (Å²) >= 11 is 0. The summed E-state index contributed by atoms with van der Waals surface area (Å²) < 4.78 is 77.3. The second-order valence-electron chi connectivity index (χ2n) is 21.6. The molecule has 0 aliphatic rings. The third kappa shape index (κ3) is 7.63. The standard InChI is InChI=1S/C44H26.C38H24O/c1-5-27-13-15-31-17-21-37(39-23-19-29(7-1)41(27)43(31)39)35-11-3-9-33(25-35)34-10-4-12-36(26-34)38-22-18-32-16-14-28-6-2-8-30-20-24-40(38)44(32)42(28)30;1-2-10-25(11-3-1)26-18-20-27(21-19-26)37-30-13-4-6-15-32(30)38(33-16-7-5-14-31(33)37)28-22-23-36-34(24-28)29-12-8-9-17-35(29)39-36/h1-26H;1-24H/i;4D,5D,6D,7D,13D,14D,15D,16D. The van der Waals surface area contributed by atoms with E-state index < -0.39 is 24.2 Å². The molecule has 17 aromatic carbocycles. The number of hydrogen-bond donors (Lipinski definition) is 0. The largest absolute Gasteiger partial charge is 0.456 e. The van der Waals surface area contributed by atoms with E-state index in [-0.39, 0.29) is 45.7 Å². The Bertz CT molecular complexity index is 5750. The molecule has 0 N–H and O–H groups in total. The van der Waals surface area contributed by atoms with Crippen molar-refractivity contribution in [2.24, 2.45) is 0 Å². The minimum absolute atomic E-state index is 0.183. The van der Waals surface area contributed by atoms with Crippen LogP contribution in [0.5, 0.6) is 0 Å². The molecule has 384 valence electrons. The third-order valence-corrected chi connectivity index (χ3v) is 17.1. The lowest BCUT2D eigenvalue weighted by molar-refractivity contribution is 0.669. The quantitative estimate of drug-likeness (QED) is 0.119. The van der Waals surface area contributed by atoms with E-state index in [1.54, 1.807) is 12.1 Å². The molecule has 0 aliphatic heterocycles. The molecule has 0 radical (unpaired) electrons. The Morgan fingerprint density at radius 2 is 0.602 bits per heavy atom. The highest BCUT2D eigenvalue weighted by Crippen LogP contribution is 2.47. The van der Waals surface area contributed by atoms with Crippen molar-refractivity contribution in [3.63, 3.8) is 0 Å². The molecule has 83 heavy (non-hydrogen) atoms. The van der Waals surface area contributed by atoms with E-state index in [0.717, 1.165) is 21.9 Å². The molecule has 1 nitrogen and oxygen atoms in total. The molecule has 0 amide bonds. The lowest BCUT2D eigenvalue weighted by atomic mass is 9.85. The van der Waals surface area contributed by atoms with E-state index in [9.17, 15) is 2.74 Å². The molecule has 0 saturated carbocycles. The predicted molar refractivity (Wildman–Crippen MR) is 355 cm³/mol. The van der Waals surface area contributed by atoms with E-state index >= 15 is 0 Å². The van der Waals surface area contributed by atoms with E-state index in [1.165, 1.54) is 98.0 Å². The van der Waals surface area contributed by atoms with Gasteiger partial charge in [0.25, 0.3) is 0 Å². The normalized spacial score (nSPS) is 13.2. The molecule has 0 bridgehead atoms. The van der Waals surface area contributed by atoms with E-state index in [0.29, 0.717) is 33.4 Å². The first-order chi connectivity index (χ1) is 44.5. The van der Waals surface area contributed by atoms with Gasteiger partial charge in [-0.15, -0.1) is 0 Å². The second kappa shape index (κ2) is 18.9. The van der Waals surface area contributed by atoms with Crippen LogP contribution >= 0.6 is 0 Å². The van der Waals surface area contributed by atoms with Gasteiger partial charge in [-0.25, -0.2) is 0 Å². The molecular formula is C82H50O. The molecule has 0 saturated heterocycles. The number of benzene rings is 17. The Balaban J connectivity index is 0.000000140. The molecule has 18 rings (SSSR count). The average Bonchev–Trinajstić information content (AvgIpc) is 0.892. The molecule has 0 fully saturated rings. The van der Waals surface area contributed by atoms with Gasteiger partial charge in [0.15, 0.2) is 0 Å². The zero-order valence-electron chi connectivity index (χ0n) is 52.7. The zero-order chi connectivity index (χ0) is 61.5. The number of furan rings is 1. The fraction of sp³-hybridized carbons (Fsp3) is 0. The molecule has 18 aromatic rings. The lowest BCUT2D eigenvalue weighted by Crippen LogP contribution is -1.91. The number of hydrogen-bond acceptors (Lipinski definition) is 1. The fourth-order valence-corrected chi connectivity index (χ4v) is 13.3. The van der Waals surface area contributed by atoms with Crippen molar-refractivity contribution < 1.29 is 15.4 Å². The van der Waals surface area contributed by atoms with Crippen molar-refractivity contribution in [3.05, 3.63) is 303 Å². The Labute approximate surface area is 491 Å². The first-order valence-electron chi connectivity index (χ1n) is 32.1. The van der Waals surface area contributed by atoms with Crippen LogP contribution in [0.4, 0.5) is 0 Å². The summed E-state index contributed by atoms with van der Waals surface area (Å²) in [5.41, 5.74) is 12.5. The van der Waals surface area contributed by atoms with Crippen LogP contribution in [0.2, 0.25) is 0 Å². The van der Waals surface area contributed by atoms with Crippen molar-refractivity contribution in [2.45, 2.75) is 0 Å². The van der Waals surface area contributed by atoms with Gasteiger partial charge in [-0.2, -0.15) is 0 Å². The molecule has 1 aromatic heterocycles. The van der Waals surface area contributed by atoms with Crippen molar-refractivity contribution in [3.8, 4) is 66.8 Å². The summed E-state index contributed by atoms with van der Waals surface area (Å²) in [4.78, 5) is 0. The third-order valence-electron chi connectivity index (χ3n) is 17.1. The molecular weight excluding hydrogens is 1000 g/mol. The van der Waals surface area contributed by atoms with Gasteiger partial charge in [0, 0.05) is 10.8 Å². The number of para-hydroxylation sites is 1. The monoisotopic (exact) mass is 1060 g/mol. The molecule has 0 atom stereocenters. The van der Waals surface area contributed by atoms with Crippen molar-refractivity contribution >= 4 is 108 Å². The minimum Gasteiger partial charge on any atom is -0.456 e. The maximum absolute atomic E-state index is 9.18. The summed E-state index contributed by atoms with van der Waals surface area (Å²) in [5, 5.41) is 18.2. The van der Waals surface area contributed by atoms with Crippen molar-refractivity contribution in [1.29, 1.82) is 0 Å². The van der Waals surface area contributed by atoms with Gasteiger partial charge in [-0.05, 0) is 183 Å². The highest BCUT2D eigenvalue weighted by Gasteiger charge is 2.19.